The van der Waals surface area contributed by atoms with E-state index in [0.29, 0.717) is 0 Å². The minimum absolute atomic E-state index is 0.468. The van der Waals surface area contributed by atoms with Crippen molar-refractivity contribution in [3.05, 3.63) is 186 Å². The molecule has 2 nitrogen and oxygen atoms in total. The van der Waals surface area contributed by atoms with Crippen LogP contribution in [0.4, 0.5) is 17.1 Å². The van der Waals surface area contributed by atoms with Crippen LogP contribution in [0.15, 0.2) is 164 Å². The molecule has 1 spiro atoms. The van der Waals surface area contributed by atoms with Gasteiger partial charge in [-0.15, -0.1) is 11.3 Å². The number of para-hydroxylation sites is 4. The molecule has 0 amide bonds. The van der Waals surface area contributed by atoms with E-state index < -0.39 is 5.41 Å². The van der Waals surface area contributed by atoms with Gasteiger partial charge in [0.2, 0.25) is 0 Å². The summed E-state index contributed by atoms with van der Waals surface area (Å²) in [6.07, 6.45) is 0. The Hall–Kier alpha value is -5.64. The standard InChI is InChI=1S/C43H27NOS/c1-3-14-28(15-4-1)44(29-16-5-2-6-17-29)37-22-13-25-40-42(37)32-26-31-30-18-7-8-19-33(30)43(36(31)27-41(32)46-40)34-20-9-11-23-38(34)45-39-24-12-10-21-35(39)43/h1-27H. The highest BCUT2D eigenvalue weighted by Crippen LogP contribution is 2.63. The van der Waals surface area contributed by atoms with Gasteiger partial charge in [-0.25, -0.2) is 0 Å². The molecule has 0 radical (unpaired) electrons. The van der Waals surface area contributed by atoms with Gasteiger partial charge in [-0.05, 0) is 82.9 Å². The van der Waals surface area contributed by atoms with Gasteiger partial charge in [0.1, 0.15) is 11.5 Å². The maximum absolute atomic E-state index is 6.55. The average molecular weight is 606 g/mol. The molecule has 0 bridgehead atoms. The van der Waals surface area contributed by atoms with E-state index in [2.05, 4.69) is 169 Å². The van der Waals surface area contributed by atoms with Gasteiger partial charge in [-0.1, -0.05) is 103 Å². The van der Waals surface area contributed by atoms with Gasteiger partial charge in [0.05, 0.1) is 11.1 Å². The van der Waals surface area contributed by atoms with E-state index in [-0.39, 0.29) is 0 Å². The molecule has 0 atom stereocenters. The number of nitrogens with zero attached hydrogens (tertiary/aromatic N) is 1. The normalized spacial score (nSPS) is 13.6. The Kier molecular flexibility index (Phi) is 5.40. The minimum atomic E-state index is -0.468. The van der Waals surface area contributed by atoms with Crippen molar-refractivity contribution < 1.29 is 4.74 Å². The van der Waals surface area contributed by atoms with Crippen LogP contribution >= 0.6 is 11.3 Å². The first-order chi connectivity index (χ1) is 22.8. The van der Waals surface area contributed by atoms with Gasteiger partial charge in [-0.2, -0.15) is 0 Å². The molecule has 2 aliphatic rings. The van der Waals surface area contributed by atoms with Crippen LogP contribution in [0.2, 0.25) is 0 Å². The SMILES string of the molecule is c1ccc(N(c2ccccc2)c2cccc3sc4cc5c(cc4c23)-c2ccccc2C52c3ccccc3Oc3ccccc32)cc1. The molecular formula is C43H27NOS. The second-order valence-electron chi connectivity index (χ2n) is 12.0. The first-order valence-corrected chi connectivity index (χ1v) is 16.5. The second kappa shape index (κ2) is 9.68. The summed E-state index contributed by atoms with van der Waals surface area (Å²) in [5.74, 6) is 1.84. The fourth-order valence-electron chi connectivity index (χ4n) is 7.92. The van der Waals surface area contributed by atoms with Crippen LogP contribution in [-0.2, 0) is 5.41 Å². The second-order valence-corrected chi connectivity index (χ2v) is 13.1. The Morgan fingerprint density at radius 1 is 0.457 bits per heavy atom. The highest BCUT2D eigenvalue weighted by Gasteiger charge is 2.51. The van der Waals surface area contributed by atoms with E-state index in [1.54, 1.807) is 0 Å². The van der Waals surface area contributed by atoms with Gasteiger partial charge in [-0.3, -0.25) is 0 Å². The van der Waals surface area contributed by atoms with Gasteiger partial charge >= 0.3 is 0 Å². The summed E-state index contributed by atoms with van der Waals surface area (Å²) >= 11 is 1.88. The predicted molar refractivity (Wildman–Crippen MR) is 191 cm³/mol. The number of benzene rings is 7. The van der Waals surface area contributed by atoms with Crippen LogP contribution in [0.25, 0.3) is 31.3 Å². The molecule has 2 heterocycles. The molecule has 1 aliphatic carbocycles. The minimum Gasteiger partial charge on any atom is -0.457 e. The topological polar surface area (TPSA) is 12.5 Å². The smallest absolute Gasteiger partial charge is 0.132 e. The molecule has 0 saturated carbocycles. The summed E-state index contributed by atoms with van der Waals surface area (Å²) in [5.41, 5.74) is 10.6. The Labute approximate surface area is 271 Å². The summed E-state index contributed by atoms with van der Waals surface area (Å²) in [6, 6.07) is 59.2. The number of thiophene rings is 1. The Morgan fingerprint density at radius 3 is 1.72 bits per heavy atom. The zero-order valence-electron chi connectivity index (χ0n) is 24.9. The highest BCUT2D eigenvalue weighted by atomic mass is 32.1. The lowest BCUT2D eigenvalue weighted by atomic mass is 9.66. The highest BCUT2D eigenvalue weighted by molar-refractivity contribution is 7.26. The van der Waals surface area contributed by atoms with E-state index in [1.165, 1.54) is 59.2 Å². The molecule has 3 heteroatoms. The third-order valence-corrected chi connectivity index (χ3v) is 10.8. The number of rotatable bonds is 3. The molecule has 46 heavy (non-hydrogen) atoms. The molecule has 0 fully saturated rings. The summed E-state index contributed by atoms with van der Waals surface area (Å²) in [4.78, 5) is 2.39. The van der Waals surface area contributed by atoms with Crippen LogP contribution in [0, 0.1) is 0 Å². The van der Waals surface area contributed by atoms with E-state index in [4.69, 9.17) is 4.74 Å². The van der Waals surface area contributed by atoms with Crippen molar-refractivity contribution >= 4 is 48.6 Å². The fraction of sp³-hybridized carbons (Fsp3) is 0.0233. The third-order valence-electron chi connectivity index (χ3n) is 9.71. The molecule has 8 aromatic rings. The maximum Gasteiger partial charge on any atom is 0.132 e. The first kappa shape index (κ1) is 25.7. The van der Waals surface area contributed by atoms with E-state index in [0.717, 1.165) is 22.9 Å². The van der Waals surface area contributed by atoms with Crippen molar-refractivity contribution in [3.8, 4) is 22.6 Å². The molecule has 1 aliphatic heterocycles. The van der Waals surface area contributed by atoms with E-state index in [1.807, 2.05) is 11.3 Å². The van der Waals surface area contributed by atoms with Crippen molar-refractivity contribution in [1.29, 1.82) is 0 Å². The van der Waals surface area contributed by atoms with Crippen LogP contribution in [0.1, 0.15) is 22.3 Å². The number of anilines is 3. The molecule has 1 aromatic heterocycles. The van der Waals surface area contributed by atoms with Crippen molar-refractivity contribution in [3.63, 3.8) is 0 Å². The number of ether oxygens (including phenoxy) is 1. The molecule has 0 N–H and O–H groups in total. The zero-order valence-corrected chi connectivity index (χ0v) is 25.7. The van der Waals surface area contributed by atoms with Gasteiger partial charge in [0, 0.05) is 42.7 Å². The average Bonchev–Trinajstić information content (AvgIpc) is 3.62. The molecule has 7 aromatic carbocycles. The summed E-state index contributed by atoms with van der Waals surface area (Å²) in [5, 5.41) is 2.57. The quantitative estimate of drug-likeness (QED) is 0.199. The number of hydrogen-bond donors (Lipinski definition) is 0. The first-order valence-electron chi connectivity index (χ1n) is 15.7. The van der Waals surface area contributed by atoms with Gasteiger partial charge in [0.25, 0.3) is 0 Å². The molecule has 10 rings (SSSR count). The molecule has 216 valence electrons. The number of hydrogen-bond acceptors (Lipinski definition) is 3. The van der Waals surface area contributed by atoms with E-state index in [9.17, 15) is 0 Å². The Bertz CT molecular complexity index is 2380. The lowest BCUT2D eigenvalue weighted by molar-refractivity contribution is 0.436. The molecule has 0 saturated heterocycles. The fourth-order valence-corrected chi connectivity index (χ4v) is 9.07. The predicted octanol–water partition coefficient (Wildman–Crippen LogP) is 12.0. The van der Waals surface area contributed by atoms with Gasteiger partial charge < -0.3 is 9.64 Å². The van der Waals surface area contributed by atoms with Crippen molar-refractivity contribution in [2.45, 2.75) is 5.41 Å². The lowest BCUT2D eigenvalue weighted by Crippen LogP contribution is -2.32. The van der Waals surface area contributed by atoms with Crippen LogP contribution < -0.4 is 9.64 Å². The monoisotopic (exact) mass is 605 g/mol. The molecule has 0 unspecified atom stereocenters. The maximum atomic E-state index is 6.55. The molecular weight excluding hydrogens is 579 g/mol. The van der Waals surface area contributed by atoms with Crippen LogP contribution in [0.3, 0.4) is 0 Å². The third kappa shape index (κ3) is 3.41. The zero-order chi connectivity index (χ0) is 30.2. The van der Waals surface area contributed by atoms with Crippen molar-refractivity contribution in [2.75, 3.05) is 4.90 Å². The summed E-state index contributed by atoms with van der Waals surface area (Å²) in [7, 11) is 0. The van der Waals surface area contributed by atoms with Crippen molar-refractivity contribution in [2.24, 2.45) is 0 Å². The lowest BCUT2D eigenvalue weighted by Gasteiger charge is -2.39. The van der Waals surface area contributed by atoms with E-state index >= 15 is 0 Å². The van der Waals surface area contributed by atoms with Crippen LogP contribution in [-0.4, -0.2) is 0 Å². The van der Waals surface area contributed by atoms with Crippen LogP contribution in [0.5, 0.6) is 11.5 Å². The summed E-state index contributed by atoms with van der Waals surface area (Å²) in [6.45, 7) is 0. The Balaban J connectivity index is 1.31. The summed E-state index contributed by atoms with van der Waals surface area (Å²) < 4.78 is 9.12. The van der Waals surface area contributed by atoms with Crippen molar-refractivity contribution in [1.82, 2.24) is 0 Å². The Morgan fingerprint density at radius 2 is 1.04 bits per heavy atom. The largest absolute Gasteiger partial charge is 0.457 e. The number of fused-ring (bicyclic) bond motifs is 12. The van der Waals surface area contributed by atoms with Gasteiger partial charge in [0.15, 0.2) is 0 Å².